The topological polar surface area (TPSA) is 92.5 Å². The number of allylic oxidation sites excluding steroid dienone is 2. The molecule has 25 heavy (non-hydrogen) atoms. The van der Waals surface area contributed by atoms with Crippen molar-refractivity contribution in [1.82, 2.24) is 0 Å². The number of alkyl halides is 6. The summed E-state index contributed by atoms with van der Waals surface area (Å²) in [4.78, 5) is 0. The van der Waals surface area contributed by atoms with E-state index in [1.54, 1.807) is 36.4 Å². The van der Waals surface area contributed by atoms with E-state index in [0.29, 0.717) is 0 Å². The summed E-state index contributed by atoms with van der Waals surface area (Å²) in [7, 11) is 0. The van der Waals surface area contributed by atoms with Gasteiger partial charge in [0, 0.05) is 0 Å². The van der Waals surface area contributed by atoms with Crippen molar-refractivity contribution in [3.05, 3.63) is 48.1 Å². The number of aliphatic hydroxyl groups excluding tert-OH is 1. The summed E-state index contributed by atoms with van der Waals surface area (Å²) >= 11 is 0. The van der Waals surface area contributed by atoms with Crippen LogP contribution in [-0.4, -0.2) is 40.8 Å². The quantitative estimate of drug-likeness (QED) is 0.475. The Morgan fingerprint density at radius 1 is 1.12 bits per heavy atom. The maximum Gasteiger partial charge on any atom is 0.456 e. The van der Waals surface area contributed by atoms with Gasteiger partial charge < -0.3 is 21.7 Å². The van der Waals surface area contributed by atoms with Crippen molar-refractivity contribution in [3.63, 3.8) is 0 Å². The Labute approximate surface area is 139 Å². The third-order valence-electron chi connectivity index (χ3n) is 3.16. The van der Waals surface area contributed by atoms with Crippen LogP contribution in [0.4, 0.5) is 26.3 Å². The monoisotopic (exact) mass is 370 g/mol. The molecule has 140 valence electrons. The normalized spacial score (nSPS) is 19.7. The number of hydrogen-bond donors (Lipinski definition) is 4. The second-order valence-corrected chi connectivity index (χ2v) is 5.29. The summed E-state index contributed by atoms with van der Waals surface area (Å²) in [6.45, 7) is -2.70. The number of phenolic OH excluding ortho intramolecular Hbond substituents is 1. The minimum Gasteiger partial charge on any atom is -0.508 e. The number of aromatic hydroxyl groups is 1. The highest BCUT2D eigenvalue weighted by atomic mass is 19.4. The predicted molar refractivity (Wildman–Crippen MR) is 79.3 cm³/mol. The first-order valence-corrected chi connectivity index (χ1v) is 6.77. The Balaban J connectivity index is 0.000000299. The molecular formula is C15H16F6N2O2. The summed E-state index contributed by atoms with van der Waals surface area (Å²) in [5, 5.41) is 19.0. The summed E-state index contributed by atoms with van der Waals surface area (Å²) in [5.74, 6) is -5.01. The van der Waals surface area contributed by atoms with Gasteiger partial charge in [-0.1, -0.05) is 18.2 Å². The number of benzene rings is 1. The van der Waals surface area contributed by atoms with Crippen molar-refractivity contribution in [1.29, 1.82) is 0 Å². The average Bonchev–Trinajstić information content (AvgIpc) is 2.49. The van der Waals surface area contributed by atoms with E-state index in [-0.39, 0.29) is 5.75 Å². The lowest BCUT2D eigenvalue weighted by Gasteiger charge is -2.28. The van der Waals surface area contributed by atoms with Gasteiger partial charge in [0.05, 0.1) is 0 Å². The molecular weight excluding hydrogens is 354 g/mol. The number of rotatable bonds is 2. The van der Waals surface area contributed by atoms with Crippen molar-refractivity contribution < 1.29 is 36.6 Å². The van der Waals surface area contributed by atoms with E-state index in [2.05, 4.69) is 0 Å². The van der Waals surface area contributed by atoms with E-state index in [1.807, 2.05) is 6.07 Å². The molecule has 0 radical (unpaired) electrons. The van der Waals surface area contributed by atoms with E-state index in [9.17, 15) is 36.6 Å². The Kier molecular flexibility index (Phi) is 6.27. The molecule has 0 bridgehead atoms. The molecule has 0 saturated heterocycles. The number of nitrogens with two attached hydrogens (primary N) is 2. The Morgan fingerprint density at radius 2 is 1.72 bits per heavy atom. The van der Waals surface area contributed by atoms with Crippen LogP contribution in [0.25, 0.3) is 5.57 Å². The third kappa shape index (κ3) is 5.48. The van der Waals surface area contributed by atoms with Crippen molar-refractivity contribution in [2.24, 2.45) is 11.5 Å². The highest BCUT2D eigenvalue weighted by Gasteiger charge is 2.57. The molecule has 0 fully saturated rings. The van der Waals surface area contributed by atoms with Crippen molar-refractivity contribution in [2.45, 2.75) is 23.9 Å². The molecule has 2 rings (SSSR count). The van der Waals surface area contributed by atoms with Crippen molar-refractivity contribution in [3.8, 4) is 5.75 Å². The molecule has 1 unspecified atom stereocenters. The lowest BCUT2D eigenvalue weighted by molar-refractivity contribution is -0.286. The molecule has 0 aliphatic heterocycles. The summed E-state index contributed by atoms with van der Waals surface area (Å²) in [6, 6.07) is 6.77. The van der Waals surface area contributed by atoms with E-state index in [0.717, 1.165) is 11.1 Å². The number of phenols is 1. The van der Waals surface area contributed by atoms with E-state index >= 15 is 0 Å². The fourth-order valence-electron chi connectivity index (χ4n) is 1.66. The fraction of sp³-hybridized carbons (Fsp3) is 0.333. The van der Waals surface area contributed by atoms with Gasteiger partial charge in [-0.3, -0.25) is 0 Å². The molecule has 10 heteroatoms. The maximum atomic E-state index is 11.2. The third-order valence-corrected chi connectivity index (χ3v) is 3.16. The van der Waals surface area contributed by atoms with Crippen LogP contribution >= 0.6 is 0 Å². The summed E-state index contributed by atoms with van der Waals surface area (Å²) in [6.07, 6.45) is -1.83. The summed E-state index contributed by atoms with van der Waals surface area (Å²) < 4.78 is 65.6. The maximum absolute atomic E-state index is 11.2. The Hall–Kier alpha value is -2.04. The molecule has 0 spiro atoms. The van der Waals surface area contributed by atoms with E-state index in [1.165, 1.54) is 0 Å². The zero-order valence-corrected chi connectivity index (χ0v) is 12.6. The van der Waals surface area contributed by atoms with Crippen LogP contribution in [0, 0.1) is 0 Å². The van der Waals surface area contributed by atoms with Gasteiger partial charge in [-0.15, -0.1) is 0 Å². The lowest BCUT2D eigenvalue weighted by atomic mass is 9.92. The molecule has 0 aromatic heterocycles. The van der Waals surface area contributed by atoms with Crippen LogP contribution in [0.5, 0.6) is 5.75 Å². The lowest BCUT2D eigenvalue weighted by Crippen LogP contribution is -2.57. The zero-order chi connectivity index (χ0) is 19.5. The molecule has 1 aromatic carbocycles. The minimum atomic E-state index is -5.76. The second kappa shape index (κ2) is 7.46. The Bertz CT molecular complexity index is 656. The van der Waals surface area contributed by atoms with Gasteiger partial charge in [0.2, 0.25) is 0 Å². The minimum absolute atomic E-state index is 0.179. The van der Waals surface area contributed by atoms with Crippen LogP contribution in [0.3, 0.4) is 0 Å². The predicted octanol–water partition coefficient (Wildman–Crippen LogP) is 2.47. The zero-order valence-electron chi connectivity index (χ0n) is 12.6. The molecule has 1 atom stereocenters. The van der Waals surface area contributed by atoms with Gasteiger partial charge in [-0.25, -0.2) is 4.39 Å². The van der Waals surface area contributed by atoms with Crippen LogP contribution in [0.1, 0.15) is 5.56 Å². The second-order valence-electron chi connectivity index (χ2n) is 5.29. The molecule has 0 heterocycles. The van der Waals surface area contributed by atoms with Crippen molar-refractivity contribution in [2.75, 3.05) is 6.67 Å². The van der Waals surface area contributed by atoms with Gasteiger partial charge in [-0.2, -0.15) is 22.0 Å². The van der Waals surface area contributed by atoms with Crippen LogP contribution in [-0.2, 0) is 0 Å². The molecule has 0 saturated carbocycles. The molecule has 0 amide bonds. The molecule has 6 N–H and O–H groups in total. The standard InChI is InChI=1S/C12H14N2O2.C3H2F6/c13-12(14)5-4-9(7-11(12)16)8-2-1-3-10(15)6-8;4-1-2(5,6)3(7,8)9/h1-7,11,15-16H,13-14H2;1H2. The average molecular weight is 370 g/mol. The molecule has 1 aromatic rings. The van der Waals surface area contributed by atoms with Gasteiger partial charge in [0.1, 0.15) is 17.5 Å². The SMILES string of the molecule is FCC(F)(F)C(F)(F)F.NC1(N)C=CC(c2cccc(O)c2)=CC1O. The molecule has 1 aliphatic rings. The molecule has 4 nitrogen and oxygen atoms in total. The highest BCUT2D eigenvalue weighted by Crippen LogP contribution is 2.35. The molecule has 1 aliphatic carbocycles. The van der Waals surface area contributed by atoms with Crippen LogP contribution in [0.15, 0.2) is 42.5 Å². The fourth-order valence-corrected chi connectivity index (χ4v) is 1.66. The van der Waals surface area contributed by atoms with Crippen molar-refractivity contribution >= 4 is 5.57 Å². The van der Waals surface area contributed by atoms with E-state index < -0.39 is 30.5 Å². The first-order valence-electron chi connectivity index (χ1n) is 6.77. The van der Waals surface area contributed by atoms with Crippen LogP contribution < -0.4 is 11.5 Å². The van der Waals surface area contributed by atoms with E-state index in [4.69, 9.17) is 11.5 Å². The highest BCUT2D eigenvalue weighted by molar-refractivity contribution is 5.76. The number of halogens is 6. The first kappa shape index (κ1) is 21.0. The Morgan fingerprint density at radius 3 is 2.12 bits per heavy atom. The van der Waals surface area contributed by atoms with Gasteiger partial charge >= 0.3 is 12.1 Å². The first-order chi connectivity index (χ1) is 11.3. The smallest absolute Gasteiger partial charge is 0.456 e. The number of aliphatic hydroxyl groups is 1. The summed E-state index contributed by atoms with van der Waals surface area (Å²) in [5.41, 5.74) is 11.7. The van der Waals surface area contributed by atoms with Gasteiger partial charge in [0.25, 0.3) is 0 Å². The van der Waals surface area contributed by atoms with Gasteiger partial charge in [-0.05, 0) is 35.4 Å². The number of hydrogen-bond acceptors (Lipinski definition) is 4. The largest absolute Gasteiger partial charge is 0.508 e. The van der Waals surface area contributed by atoms with Gasteiger partial charge in [0.15, 0.2) is 6.67 Å². The van der Waals surface area contributed by atoms with Crippen LogP contribution in [0.2, 0.25) is 0 Å².